The third kappa shape index (κ3) is 4.65. The summed E-state index contributed by atoms with van der Waals surface area (Å²) in [6.07, 6.45) is 4.22. The smallest absolute Gasteiger partial charge is 0.328 e. The monoisotopic (exact) mass is 293 g/mol. The van der Waals surface area contributed by atoms with Gasteiger partial charge in [-0.25, -0.2) is 9.18 Å². The van der Waals surface area contributed by atoms with E-state index in [1.165, 1.54) is 12.1 Å². The summed E-state index contributed by atoms with van der Waals surface area (Å²) in [5.74, 6) is -0.865. The minimum absolute atomic E-state index is 0.206. The lowest BCUT2D eigenvalue weighted by molar-refractivity contribution is -0.131. The first kappa shape index (κ1) is 15.7. The Labute approximate surface area is 123 Å². The van der Waals surface area contributed by atoms with Crippen LogP contribution in [0.2, 0.25) is 0 Å². The Bertz CT molecular complexity index is 530. The fourth-order valence-corrected chi connectivity index (χ4v) is 2.68. The average Bonchev–Trinajstić information content (AvgIpc) is 2.87. The summed E-state index contributed by atoms with van der Waals surface area (Å²) >= 11 is 0. The lowest BCUT2D eigenvalue weighted by atomic mass is 10.1. The minimum Gasteiger partial charge on any atom is -0.478 e. The van der Waals surface area contributed by atoms with E-state index in [2.05, 4.69) is 4.90 Å². The summed E-state index contributed by atoms with van der Waals surface area (Å²) in [6.45, 7) is 2.57. The van der Waals surface area contributed by atoms with Gasteiger partial charge < -0.3 is 10.2 Å². The maximum Gasteiger partial charge on any atom is 0.328 e. The topological polar surface area (TPSA) is 60.8 Å². The maximum atomic E-state index is 14.0. The molecule has 2 N–H and O–H groups in total. The summed E-state index contributed by atoms with van der Waals surface area (Å²) in [4.78, 5) is 12.6. The number of hydrogen-bond donors (Lipinski definition) is 2. The maximum absolute atomic E-state index is 14.0. The highest BCUT2D eigenvalue weighted by atomic mass is 19.1. The lowest BCUT2D eigenvalue weighted by Gasteiger charge is -2.16. The molecule has 1 fully saturated rings. The van der Waals surface area contributed by atoms with Gasteiger partial charge in [-0.15, -0.1) is 0 Å². The highest BCUT2D eigenvalue weighted by Gasteiger charge is 2.22. The van der Waals surface area contributed by atoms with Crippen molar-refractivity contribution in [2.75, 3.05) is 19.7 Å². The van der Waals surface area contributed by atoms with Gasteiger partial charge in [-0.05, 0) is 43.0 Å². The fraction of sp³-hybridized carbons (Fsp3) is 0.438. The van der Waals surface area contributed by atoms with E-state index < -0.39 is 5.97 Å². The number of aliphatic hydroxyl groups is 1. The van der Waals surface area contributed by atoms with E-state index in [0.29, 0.717) is 23.6 Å². The van der Waals surface area contributed by atoms with Gasteiger partial charge >= 0.3 is 5.97 Å². The first-order chi connectivity index (χ1) is 10.1. The second-order valence-corrected chi connectivity index (χ2v) is 5.42. The number of aliphatic hydroxyl groups excluding tert-OH is 1. The van der Waals surface area contributed by atoms with Gasteiger partial charge in [0.05, 0.1) is 0 Å². The molecular weight excluding hydrogens is 273 g/mol. The number of benzene rings is 1. The number of carbonyl (C=O) groups is 1. The van der Waals surface area contributed by atoms with Crippen LogP contribution in [0.5, 0.6) is 0 Å². The number of carboxylic acids is 1. The van der Waals surface area contributed by atoms with Crippen molar-refractivity contribution in [2.24, 2.45) is 5.92 Å². The molecular formula is C16H20FNO3. The summed E-state index contributed by atoms with van der Waals surface area (Å²) in [7, 11) is 0. The molecule has 1 saturated heterocycles. The van der Waals surface area contributed by atoms with E-state index in [1.54, 1.807) is 12.1 Å². The van der Waals surface area contributed by atoms with Gasteiger partial charge in [0.25, 0.3) is 0 Å². The molecule has 0 aliphatic carbocycles. The van der Waals surface area contributed by atoms with E-state index in [-0.39, 0.29) is 12.4 Å². The molecule has 0 bridgehead atoms. The molecule has 1 aromatic carbocycles. The minimum atomic E-state index is -1.05. The molecule has 2 rings (SSSR count). The van der Waals surface area contributed by atoms with Crippen LogP contribution >= 0.6 is 0 Å². The van der Waals surface area contributed by atoms with E-state index in [0.717, 1.165) is 32.0 Å². The third-order valence-electron chi connectivity index (χ3n) is 3.80. The van der Waals surface area contributed by atoms with Gasteiger partial charge in [0.2, 0.25) is 0 Å². The largest absolute Gasteiger partial charge is 0.478 e. The van der Waals surface area contributed by atoms with Crippen LogP contribution in [0.4, 0.5) is 4.39 Å². The molecule has 1 heterocycles. The summed E-state index contributed by atoms with van der Waals surface area (Å²) in [5, 5.41) is 17.5. The Morgan fingerprint density at radius 3 is 2.95 bits per heavy atom. The molecule has 0 spiro atoms. The van der Waals surface area contributed by atoms with E-state index in [9.17, 15) is 9.18 Å². The number of halogens is 1. The molecule has 1 aromatic rings. The molecule has 0 amide bonds. The zero-order chi connectivity index (χ0) is 15.2. The van der Waals surface area contributed by atoms with Crippen molar-refractivity contribution in [2.45, 2.75) is 19.4 Å². The van der Waals surface area contributed by atoms with Crippen LogP contribution in [0.3, 0.4) is 0 Å². The number of hydrogen-bond acceptors (Lipinski definition) is 3. The molecule has 0 saturated carbocycles. The Kier molecular flexibility index (Phi) is 5.47. The van der Waals surface area contributed by atoms with Crippen molar-refractivity contribution < 1.29 is 19.4 Å². The number of rotatable bonds is 6. The molecule has 0 radical (unpaired) electrons. The highest BCUT2D eigenvalue weighted by Crippen LogP contribution is 2.22. The van der Waals surface area contributed by atoms with Gasteiger partial charge in [-0.2, -0.15) is 0 Å². The van der Waals surface area contributed by atoms with Crippen LogP contribution < -0.4 is 0 Å². The Morgan fingerprint density at radius 1 is 1.48 bits per heavy atom. The molecule has 21 heavy (non-hydrogen) atoms. The highest BCUT2D eigenvalue weighted by molar-refractivity contribution is 5.85. The van der Waals surface area contributed by atoms with Gasteiger partial charge in [0.15, 0.2) is 0 Å². The lowest BCUT2D eigenvalue weighted by Crippen LogP contribution is -2.21. The van der Waals surface area contributed by atoms with Crippen LogP contribution in [-0.4, -0.2) is 40.8 Å². The average molecular weight is 293 g/mol. The van der Waals surface area contributed by atoms with Gasteiger partial charge in [-0.1, -0.05) is 12.1 Å². The number of likely N-dealkylation sites (tertiary alicyclic amines) is 1. The normalized spacial score (nSPS) is 19.4. The molecule has 0 aromatic heterocycles. The summed E-state index contributed by atoms with van der Waals surface area (Å²) < 4.78 is 14.0. The summed E-state index contributed by atoms with van der Waals surface area (Å²) in [6, 6.07) is 4.78. The predicted octanol–water partition coefficient (Wildman–Crippen LogP) is 2.13. The first-order valence-corrected chi connectivity index (χ1v) is 7.11. The van der Waals surface area contributed by atoms with Crippen molar-refractivity contribution in [3.63, 3.8) is 0 Å². The molecule has 1 aliphatic heterocycles. The van der Waals surface area contributed by atoms with Crippen molar-refractivity contribution >= 4 is 12.0 Å². The third-order valence-corrected chi connectivity index (χ3v) is 3.80. The SMILES string of the molecule is O=C(O)/C=C/c1ccc(CN2CCC(CCO)C2)c(F)c1. The van der Waals surface area contributed by atoms with Crippen molar-refractivity contribution in [3.05, 3.63) is 41.2 Å². The Hall–Kier alpha value is -1.72. The predicted molar refractivity (Wildman–Crippen MR) is 78.2 cm³/mol. The number of carboxylic acid groups (broad SMARTS) is 1. The standard InChI is InChI=1S/C16H20FNO3/c17-15-9-12(2-4-16(20)21)1-3-14(15)11-18-7-5-13(10-18)6-8-19/h1-4,9,13,19H,5-8,10-11H2,(H,20,21)/b4-2+. The number of aliphatic carboxylic acids is 1. The zero-order valence-corrected chi connectivity index (χ0v) is 11.8. The number of nitrogens with zero attached hydrogens (tertiary/aromatic N) is 1. The van der Waals surface area contributed by atoms with Crippen LogP contribution in [-0.2, 0) is 11.3 Å². The zero-order valence-electron chi connectivity index (χ0n) is 11.8. The van der Waals surface area contributed by atoms with Crippen LogP contribution in [0.25, 0.3) is 6.08 Å². The first-order valence-electron chi connectivity index (χ1n) is 7.11. The molecule has 4 nitrogen and oxygen atoms in total. The van der Waals surface area contributed by atoms with Gasteiger partial charge in [0.1, 0.15) is 5.82 Å². The molecule has 1 unspecified atom stereocenters. The van der Waals surface area contributed by atoms with Gasteiger partial charge in [-0.3, -0.25) is 4.90 Å². The second-order valence-electron chi connectivity index (χ2n) is 5.42. The van der Waals surface area contributed by atoms with Crippen LogP contribution in [0.15, 0.2) is 24.3 Å². The van der Waals surface area contributed by atoms with Crippen LogP contribution in [0.1, 0.15) is 24.0 Å². The van der Waals surface area contributed by atoms with E-state index >= 15 is 0 Å². The quantitative estimate of drug-likeness (QED) is 0.789. The van der Waals surface area contributed by atoms with Gasteiger partial charge in [0, 0.05) is 31.3 Å². The van der Waals surface area contributed by atoms with Crippen LogP contribution in [0, 0.1) is 11.7 Å². The van der Waals surface area contributed by atoms with E-state index in [1.807, 2.05) is 0 Å². The van der Waals surface area contributed by atoms with E-state index in [4.69, 9.17) is 10.2 Å². The fourth-order valence-electron chi connectivity index (χ4n) is 2.68. The Balaban J connectivity index is 1.97. The Morgan fingerprint density at radius 2 is 2.29 bits per heavy atom. The van der Waals surface area contributed by atoms with Crippen molar-refractivity contribution in [1.82, 2.24) is 4.90 Å². The second kappa shape index (κ2) is 7.33. The molecule has 114 valence electrons. The molecule has 1 atom stereocenters. The summed E-state index contributed by atoms with van der Waals surface area (Å²) in [5.41, 5.74) is 1.16. The molecule has 1 aliphatic rings. The van der Waals surface area contributed by atoms with Crippen molar-refractivity contribution in [3.8, 4) is 0 Å². The van der Waals surface area contributed by atoms with Crippen molar-refractivity contribution in [1.29, 1.82) is 0 Å². The molecule has 5 heteroatoms.